The summed E-state index contributed by atoms with van der Waals surface area (Å²) < 4.78 is 0. The maximum atomic E-state index is 11.7. The number of carbonyl (C=O) groups excluding carboxylic acids is 1. The standard InChI is InChI=1S/C18H34N2O3/c1-3-5-6-7-8-9-10-11-12-13-14-18(21)20-17(15-19)16-23-22-4-2/h17H,3-14,16H2,1-2H3,(H,20,21). The summed E-state index contributed by atoms with van der Waals surface area (Å²) in [4.78, 5) is 21.2. The van der Waals surface area contributed by atoms with Gasteiger partial charge in [-0.25, -0.2) is 9.78 Å². The van der Waals surface area contributed by atoms with Crippen LogP contribution in [0.5, 0.6) is 0 Å². The summed E-state index contributed by atoms with van der Waals surface area (Å²) in [5, 5.41) is 11.6. The largest absolute Gasteiger partial charge is 0.338 e. The number of amides is 1. The lowest BCUT2D eigenvalue weighted by atomic mass is 10.1. The van der Waals surface area contributed by atoms with Crippen molar-refractivity contribution in [1.82, 2.24) is 5.32 Å². The van der Waals surface area contributed by atoms with Crippen molar-refractivity contribution < 1.29 is 14.6 Å². The Hall–Kier alpha value is -1.12. The zero-order chi connectivity index (χ0) is 17.2. The summed E-state index contributed by atoms with van der Waals surface area (Å²) in [5.74, 6) is -0.0868. The third-order valence-electron chi connectivity index (χ3n) is 3.68. The zero-order valence-electron chi connectivity index (χ0n) is 14.9. The van der Waals surface area contributed by atoms with Gasteiger partial charge in [0.1, 0.15) is 12.6 Å². The van der Waals surface area contributed by atoms with Crippen molar-refractivity contribution in [3.63, 3.8) is 0 Å². The summed E-state index contributed by atoms with van der Waals surface area (Å²) in [6.07, 6.45) is 12.9. The molecule has 1 amide bonds. The number of nitriles is 1. The predicted octanol–water partition coefficient (Wildman–Crippen LogP) is 4.27. The molecule has 0 aliphatic heterocycles. The summed E-state index contributed by atoms with van der Waals surface area (Å²) in [5.41, 5.74) is 0. The Labute approximate surface area is 141 Å². The highest BCUT2D eigenvalue weighted by molar-refractivity contribution is 5.76. The molecule has 23 heavy (non-hydrogen) atoms. The molecule has 0 saturated carbocycles. The minimum absolute atomic E-state index is 0.0636. The van der Waals surface area contributed by atoms with E-state index >= 15 is 0 Å². The molecule has 0 heterocycles. The van der Waals surface area contributed by atoms with E-state index in [1.165, 1.54) is 51.4 Å². The van der Waals surface area contributed by atoms with Gasteiger partial charge in [0.25, 0.3) is 0 Å². The molecule has 1 unspecified atom stereocenters. The molecule has 0 bridgehead atoms. The number of hydrogen-bond acceptors (Lipinski definition) is 4. The van der Waals surface area contributed by atoms with Crippen LogP contribution in [0.1, 0.15) is 84.5 Å². The third-order valence-corrected chi connectivity index (χ3v) is 3.68. The topological polar surface area (TPSA) is 71.4 Å². The molecule has 0 rings (SSSR count). The first-order chi connectivity index (χ1) is 11.2. The molecule has 1 atom stereocenters. The highest BCUT2D eigenvalue weighted by Gasteiger charge is 2.11. The average molecular weight is 326 g/mol. The highest BCUT2D eigenvalue weighted by atomic mass is 17.2. The fraction of sp³-hybridized carbons (Fsp3) is 0.889. The maximum absolute atomic E-state index is 11.7. The van der Waals surface area contributed by atoms with Crippen LogP contribution in [0.25, 0.3) is 0 Å². The molecule has 1 N–H and O–H groups in total. The van der Waals surface area contributed by atoms with Crippen molar-refractivity contribution in [2.75, 3.05) is 13.2 Å². The molecular weight excluding hydrogens is 292 g/mol. The molecule has 0 aliphatic rings. The fourth-order valence-electron chi connectivity index (χ4n) is 2.35. The van der Waals surface area contributed by atoms with E-state index in [1.54, 1.807) is 6.92 Å². The summed E-state index contributed by atoms with van der Waals surface area (Å²) in [7, 11) is 0. The van der Waals surface area contributed by atoms with Gasteiger partial charge in [0.2, 0.25) is 5.91 Å². The Bertz CT molecular complexity index is 316. The van der Waals surface area contributed by atoms with E-state index in [0.29, 0.717) is 13.0 Å². The molecule has 0 saturated heterocycles. The summed E-state index contributed by atoms with van der Waals surface area (Å²) in [6, 6.07) is 1.35. The summed E-state index contributed by atoms with van der Waals surface area (Å²) in [6.45, 7) is 4.52. The van der Waals surface area contributed by atoms with Gasteiger partial charge in [-0.3, -0.25) is 4.79 Å². The van der Waals surface area contributed by atoms with Crippen molar-refractivity contribution in [1.29, 1.82) is 5.26 Å². The second-order valence-electron chi connectivity index (χ2n) is 5.87. The van der Waals surface area contributed by atoms with E-state index in [-0.39, 0.29) is 12.5 Å². The van der Waals surface area contributed by atoms with Crippen molar-refractivity contribution in [3.8, 4) is 6.07 Å². The number of nitrogens with one attached hydrogen (secondary N) is 1. The molecule has 0 radical (unpaired) electrons. The zero-order valence-corrected chi connectivity index (χ0v) is 14.9. The molecule has 134 valence electrons. The van der Waals surface area contributed by atoms with Gasteiger partial charge in [-0.05, 0) is 13.3 Å². The second kappa shape index (κ2) is 17.2. The van der Waals surface area contributed by atoms with E-state index in [9.17, 15) is 4.79 Å². The SMILES string of the molecule is CCCCCCCCCCCCC(=O)NC(C#N)COOCC. The van der Waals surface area contributed by atoms with E-state index < -0.39 is 6.04 Å². The maximum Gasteiger partial charge on any atom is 0.221 e. The van der Waals surface area contributed by atoms with Crippen molar-refractivity contribution >= 4 is 5.91 Å². The van der Waals surface area contributed by atoms with Crippen molar-refractivity contribution in [3.05, 3.63) is 0 Å². The van der Waals surface area contributed by atoms with Gasteiger partial charge < -0.3 is 5.32 Å². The van der Waals surface area contributed by atoms with Gasteiger partial charge in [-0.2, -0.15) is 5.26 Å². The lowest BCUT2D eigenvalue weighted by molar-refractivity contribution is -0.292. The first-order valence-electron chi connectivity index (χ1n) is 9.18. The Balaban J connectivity index is 3.43. The Morgan fingerprint density at radius 2 is 1.52 bits per heavy atom. The number of rotatable bonds is 16. The molecule has 0 aromatic carbocycles. The predicted molar refractivity (Wildman–Crippen MR) is 91.6 cm³/mol. The quantitative estimate of drug-likeness (QED) is 0.261. The highest BCUT2D eigenvalue weighted by Crippen LogP contribution is 2.11. The van der Waals surface area contributed by atoms with E-state index in [1.807, 2.05) is 6.07 Å². The van der Waals surface area contributed by atoms with Gasteiger partial charge >= 0.3 is 0 Å². The third kappa shape index (κ3) is 15.5. The van der Waals surface area contributed by atoms with Crippen LogP contribution >= 0.6 is 0 Å². The normalized spacial score (nSPS) is 11.9. The number of hydrogen-bond donors (Lipinski definition) is 1. The molecule has 0 aliphatic carbocycles. The Morgan fingerprint density at radius 3 is 2.04 bits per heavy atom. The van der Waals surface area contributed by atoms with Gasteiger partial charge in [0, 0.05) is 6.42 Å². The fourth-order valence-corrected chi connectivity index (χ4v) is 2.35. The van der Waals surface area contributed by atoms with Crippen LogP contribution in [0.4, 0.5) is 0 Å². The molecule has 5 heteroatoms. The monoisotopic (exact) mass is 326 g/mol. The van der Waals surface area contributed by atoms with E-state index in [2.05, 4.69) is 12.2 Å². The van der Waals surface area contributed by atoms with Crippen molar-refractivity contribution in [2.24, 2.45) is 0 Å². The number of carbonyl (C=O) groups is 1. The van der Waals surface area contributed by atoms with Crippen molar-refractivity contribution in [2.45, 2.75) is 90.5 Å². The van der Waals surface area contributed by atoms with E-state index in [4.69, 9.17) is 15.0 Å². The van der Waals surface area contributed by atoms with Crippen LogP contribution in [0.2, 0.25) is 0 Å². The van der Waals surface area contributed by atoms with Crippen LogP contribution in [0, 0.1) is 11.3 Å². The van der Waals surface area contributed by atoms with Gasteiger partial charge in [0.05, 0.1) is 12.7 Å². The molecule has 0 spiro atoms. The van der Waals surface area contributed by atoms with Crippen LogP contribution in [0.3, 0.4) is 0 Å². The van der Waals surface area contributed by atoms with Crippen LogP contribution in [-0.2, 0) is 14.6 Å². The van der Waals surface area contributed by atoms with E-state index in [0.717, 1.165) is 12.8 Å². The lowest BCUT2D eigenvalue weighted by Gasteiger charge is -2.11. The number of unbranched alkanes of at least 4 members (excludes halogenated alkanes) is 9. The average Bonchev–Trinajstić information content (AvgIpc) is 2.55. The minimum atomic E-state index is -0.642. The van der Waals surface area contributed by atoms with Gasteiger partial charge in [-0.15, -0.1) is 0 Å². The van der Waals surface area contributed by atoms with Gasteiger partial charge in [-0.1, -0.05) is 64.7 Å². The summed E-state index contributed by atoms with van der Waals surface area (Å²) >= 11 is 0. The molecular formula is C18H34N2O3. The first-order valence-corrected chi connectivity index (χ1v) is 9.18. The Morgan fingerprint density at radius 1 is 0.957 bits per heavy atom. The molecule has 0 aromatic rings. The van der Waals surface area contributed by atoms with Crippen LogP contribution in [-0.4, -0.2) is 25.2 Å². The first kappa shape index (κ1) is 21.9. The second-order valence-corrected chi connectivity index (χ2v) is 5.87. The molecule has 5 nitrogen and oxygen atoms in total. The van der Waals surface area contributed by atoms with Crippen LogP contribution in [0.15, 0.2) is 0 Å². The van der Waals surface area contributed by atoms with Gasteiger partial charge in [0.15, 0.2) is 0 Å². The smallest absolute Gasteiger partial charge is 0.221 e. The Kier molecular flexibility index (Phi) is 16.4. The number of nitrogens with zero attached hydrogens (tertiary/aromatic N) is 1. The molecule has 0 fully saturated rings. The molecule has 0 aromatic heterocycles. The minimum Gasteiger partial charge on any atom is -0.338 e. The van der Waals surface area contributed by atoms with Crippen LogP contribution < -0.4 is 5.32 Å². The lowest BCUT2D eigenvalue weighted by Crippen LogP contribution is -2.37.